The third kappa shape index (κ3) is 4.61. The zero-order valence-corrected chi connectivity index (χ0v) is 19.2. The number of sulfone groups is 1. The molecule has 0 aliphatic rings. The average molecular weight is 462 g/mol. The summed E-state index contributed by atoms with van der Waals surface area (Å²) >= 11 is 0. The van der Waals surface area contributed by atoms with Gasteiger partial charge in [0, 0.05) is 18.4 Å². The predicted molar refractivity (Wildman–Crippen MR) is 132 cm³/mol. The number of benzene rings is 4. The Balaban J connectivity index is 1.68. The summed E-state index contributed by atoms with van der Waals surface area (Å²) in [4.78, 5) is 13.3. The Morgan fingerprint density at radius 2 is 1.48 bits per heavy atom. The monoisotopic (exact) mass is 461 g/mol. The maximum Gasteiger partial charge on any atom is 0.239 e. The second-order valence-corrected chi connectivity index (χ2v) is 10.3. The van der Waals surface area contributed by atoms with E-state index in [0.717, 1.165) is 27.3 Å². The number of carbonyl (C=O) groups is 1. The van der Waals surface area contributed by atoms with Gasteiger partial charge in [-0.3, -0.25) is 4.79 Å². The van der Waals surface area contributed by atoms with E-state index in [2.05, 4.69) is 5.32 Å². The number of carbonyl (C=O) groups excluding carboxylic acids is 1. The van der Waals surface area contributed by atoms with Gasteiger partial charge in [0.1, 0.15) is 5.25 Å². The molecule has 1 amide bonds. The summed E-state index contributed by atoms with van der Waals surface area (Å²) in [5, 5.41) is 4.85. The molecular formula is C26H27N3O3S. The van der Waals surface area contributed by atoms with Crippen LogP contribution in [0.4, 0.5) is 0 Å². The fraction of sp³-hybridized carbons (Fsp3) is 0.192. The van der Waals surface area contributed by atoms with Crippen LogP contribution in [-0.2, 0) is 21.2 Å². The normalized spacial score (nSPS) is 12.8. The molecule has 0 fully saturated rings. The highest BCUT2D eigenvalue weighted by atomic mass is 32.2. The molecule has 170 valence electrons. The van der Waals surface area contributed by atoms with Crippen LogP contribution in [0.1, 0.15) is 17.5 Å². The summed E-state index contributed by atoms with van der Waals surface area (Å²) in [5.74, 6) is -0.617. The smallest absolute Gasteiger partial charge is 0.239 e. The second-order valence-electron chi connectivity index (χ2n) is 8.22. The van der Waals surface area contributed by atoms with E-state index < -0.39 is 27.2 Å². The lowest BCUT2D eigenvalue weighted by Gasteiger charge is -2.21. The summed E-state index contributed by atoms with van der Waals surface area (Å²) in [6.45, 7) is 2.11. The van der Waals surface area contributed by atoms with Gasteiger partial charge in [0.25, 0.3) is 0 Å². The number of nitrogens with one attached hydrogen (secondary N) is 1. The van der Waals surface area contributed by atoms with Crippen molar-refractivity contribution in [1.82, 2.24) is 5.32 Å². The minimum absolute atomic E-state index is 0.106. The number of hydrogen-bond donors (Lipinski definition) is 3. The molecule has 4 rings (SSSR count). The molecule has 0 saturated heterocycles. The largest absolute Gasteiger partial charge is 0.351 e. The Bertz CT molecular complexity index is 1430. The van der Waals surface area contributed by atoms with Crippen molar-refractivity contribution in [2.24, 2.45) is 11.5 Å². The topological polar surface area (TPSA) is 115 Å². The first kappa shape index (κ1) is 22.9. The van der Waals surface area contributed by atoms with E-state index in [-0.39, 0.29) is 17.9 Å². The van der Waals surface area contributed by atoms with Gasteiger partial charge in [-0.2, -0.15) is 0 Å². The van der Waals surface area contributed by atoms with E-state index in [1.54, 1.807) is 24.3 Å². The Hall–Kier alpha value is -3.26. The molecule has 7 heteroatoms. The molecule has 0 aromatic heterocycles. The molecule has 0 aliphatic heterocycles. The highest BCUT2D eigenvalue weighted by Crippen LogP contribution is 2.29. The van der Waals surface area contributed by atoms with Crippen LogP contribution in [0.5, 0.6) is 0 Å². The maximum atomic E-state index is 13.7. The molecule has 0 radical (unpaired) electrons. The van der Waals surface area contributed by atoms with E-state index in [4.69, 9.17) is 11.5 Å². The lowest BCUT2D eigenvalue weighted by molar-refractivity contribution is -0.121. The Morgan fingerprint density at radius 1 is 0.848 bits per heavy atom. The third-order valence-corrected chi connectivity index (χ3v) is 8.02. The molecule has 1 atom stereocenters. The van der Waals surface area contributed by atoms with Crippen LogP contribution in [0.3, 0.4) is 0 Å². The van der Waals surface area contributed by atoms with Crippen molar-refractivity contribution in [3.63, 3.8) is 0 Å². The van der Waals surface area contributed by atoms with Crippen LogP contribution in [0, 0.1) is 6.92 Å². The Morgan fingerprint density at radius 3 is 2.21 bits per heavy atom. The molecule has 4 aromatic rings. The van der Waals surface area contributed by atoms with Crippen molar-refractivity contribution in [2.45, 2.75) is 36.2 Å². The van der Waals surface area contributed by atoms with Gasteiger partial charge in [-0.25, -0.2) is 8.42 Å². The minimum Gasteiger partial charge on any atom is -0.351 e. The SMILES string of the molecule is Cc1ccc(S(=O)(=O)C(CC(N)N)C(=O)NCc2cccc3ccccc23)c2ccccc12. The van der Waals surface area contributed by atoms with Gasteiger partial charge in [-0.1, -0.05) is 72.8 Å². The lowest BCUT2D eigenvalue weighted by Crippen LogP contribution is -2.45. The number of hydrogen-bond acceptors (Lipinski definition) is 5. The van der Waals surface area contributed by atoms with Crippen LogP contribution in [0.15, 0.2) is 83.8 Å². The molecule has 5 N–H and O–H groups in total. The highest BCUT2D eigenvalue weighted by Gasteiger charge is 2.36. The van der Waals surface area contributed by atoms with Crippen LogP contribution in [-0.4, -0.2) is 25.7 Å². The van der Waals surface area contributed by atoms with Gasteiger partial charge in [-0.15, -0.1) is 0 Å². The van der Waals surface area contributed by atoms with Crippen molar-refractivity contribution < 1.29 is 13.2 Å². The van der Waals surface area contributed by atoms with E-state index in [1.165, 1.54) is 0 Å². The van der Waals surface area contributed by atoms with E-state index in [0.29, 0.717) is 5.39 Å². The number of fused-ring (bicyclic) bond motifs is 2. The van der Waals surface area contributed by atoms with Crippen molar-refractivity contribution in [1.29, 1.82) is 0 Å². The standard InChI is InChI=1S/C26H27N3O3S/c1-17-13-14-23(22-12-5-4-10-20(17)22)33(31,32)24(15-25(27)28)26(30)29-16-19-9-6-8-18-7-2-3-11-21(18)19/h2-14,24-25H,15-16,27-28H2,1H3,(H,29,30). The van der Waals surface area contributed by atoms with E-state index in [9.17, 15) is 13.2 Å². The average Bonchev–Trinajstić information content (AvgIpc) is 2.81. The maximum absolute atomic E-state index is 13.7. The quantitative estimate of drug-likeness (QED) is 0.365. The van der Waals surface area contributed by atoms with Crippen LogP contribution < -0.4 is 16.8 Å². The van der Waals surface area contributed by atoms with Gasteiger partial charge in [0.05, 0.1) is 11.1 Å². The van der Waals surface area contributed by atoms with Gasteiger partial charge in [0.15, 0.2) is 9.84 Å². The molecular weight excluding hydrogens is 434 g/mol. The first-order valence-corrected chi connectivity index (χ1v) is 12.3. The van der Waals surface area contributed by atoms with Crippen LogP contribution in [0.25, 0.3) is 21.5 Å². The molecule has 0 heterocycles. The zero-order valence-electron chi connectivity index (χ0n) is 18.4. The van der Waals surface area contributed by atoms with E-state index in [1.807, 2.05) is 61.5 Å². The van der Waals surface area contributed by atoms with Crippen molar-refractivity contribution >= 4 is 37.3 Å². The van der Waals surface area contributed by atoms with Crippen molar-refractivity contribution in [2.75, 3.05) is 0 Å². The predicted octanol–water partition coefficient (Wildman–Crippen LogP) is 3.39. The summed E-state index contributed by atoms with van der Waals surface area (Å²) < 4.78 is 27.4. The summed E-state index contributed by atoms with van der Waals surface area (Å²) in [6.07, 6.45) is -1.14. The summed E-state index contributed by atoms with van der Waals surface area (Å²) in [5.41, 5.74) is 13.4. The van der Waals surface area contributed by atoms with Gasteiger partial charge in [0.2, 0.25) is 5.91 Å². The third-order valence-electron chi connectivity index (χ3n) is 5.89. The van der Waals surface area contributed by atoms with Crippen molar-refractivity contribution in [3.8, 4) is 0 Å². The molecule has 0 bridgehead atoms. The molecule has 1 unspecified atom stereocenters. The van der Waals surface area contributed by atoms with Crippen LogP contribution in [0.2, 0.25) is 0 Å². The molecule has 0 saturated carbocycles. The Labute approximate surface area is 193 Å². The lowest BCUT2D eigenvalue weighted by atomic mass is 10.0. The molecule has 6 nitrogen and oxygen atoms in total. The molecule has 0 spiro atoms. The zero-order chi connectivity index (χ0) is 23.6. The van der Waals surface area contributed by atoms with E-state index >= 15 is 0 Å². The molecule has 0 aliphatic carbocycles. The number of amides is 1. The minimum atomic E-state index is -4.06. The fourth-order valence-electron chi connectivity index (χ4n) is 4.19. The summed E-state index contributed by atoms with van der Waals surface area (Å²) in [6, 6.07) is 24.2. The van der Waals surface area contributed by atoms with Gasteiger partial charge < -0.3 is 16.8 Å². The van der Waals surface area contributed by atoms with Crippen molar-refractivity contribution in [3.05, 3.63) is 90.0 Å². The van der Waals surface area contributed by atoms with Gasteiger partial charge in [-0.05, 0) is 40.3 Å². The Kier molecular flexibility index (Phi) is 6.47. The summed E-state index contributed by atoms with van der Waals surface area (Å²) in [7, 11) is -4.06. The highest BCUT2D eigenvalue weighted by molar-refractivity contribution is 7.93. The first-order valence-electron chi connectivity index (χ1n) is 10.8. The molecule has 4 aromatic carbocycles. The number of aryl methyl sites for hydroxylation is 1. The van der Waals surface area contributed by atoms with Gasteiger partial charge >= 0.3 is 0 Å². The number of nitrogens with two attached hydrogens (primary N) is 2. The first-order chi connectivity index (χ1) is 15.8. The fourth-order valence-corrected chi connectivity index (χ4v) is 6.08. The second kappa shape index (κ2) is 9.31. The van der Waals surface area contributed by atoms with Crippen LogP contribution >= 0.6 is 0 Å². The number of rotatable bonds is 7. The molecule has 33 heavy (non-hydrogen) atoms.